The minimum atomic E-state index is 0.707. The molecule has 2 heterocycles. The number of nitrogen functional groups attached to an aromatic ring is 1. The smallest absolute Gasteiger partial charge is 0.131 e. The third-order valence-electron chi connectivity index (χ3n) is 3.64. The van der Waals surface area contributed by atoms with Gasteiger partial charge in [0.1, 0.15) is 17.3 Å². The van der Waals surface area contributed by atoms with Crippen LogP contribution in [-0.4, -0.2) is 9.78 Å². The highest BCUT2D eigenvalue weighted by molar-refractivity contribution is 5.71. The Bertz CT molecular complexity index is 741. The lowest BCUT2D eigenvalue weighted by atomic mass is 10.0. The van der Waals surface area contributed by atoms with Crippen LogP contribution in [0, 0.1) is 6.92 Å². The zero-order valence-corrected chi connectivity index (χ0v) is 12.3. The minimum absolute atomic E-state index is 0.707. The maximum atomic E-state index is 6.35. The molecule has 0 unspecified atom stereocenters. The molecule has 0 aliphatic rings. The predicted octanol–water partition coefficient (Wildman–Crippen LogP) is 3.98. The quantitative estimate of drug-likeness (QED) is 0.787. The van der Waals surface area contributed by atoms with Gasteiger partial charge in [0, 0.05) is 11.1 Å². The highest BCUT2D eigenvalue weighted by atomic mass is 16.3. The third kappa shape index (κ3) is 2.33. The summed E-state index contributed by atoms with van der Waals surface area (Å²) in [4.78, 5) is 0. The fourth-order valence-corrected chi connectivity index (χ4v) is 2.57. The van der Waals surface area contributed by atoms with Crippen molar-refractivity contribution < 1.29 is 4.42 Å². The number of nitrogens with zero attached hydrogens (tertiary/aromatic N) is 2. The van der Waals surface area contributed by atoms with Crippen LogP contribution >= 0.6 is 0 Å². The first-order valence-corrected chi connectivity index (χ1v) is 7.19. The van der Waals surface area contributed by atoms with Gasteiger partial charge < -0.3 is 10.2 Å². The van der Waals surface area contributed by atoms with Crippen LogP contribution in [0.1, 0.15) is 24.7 Å². The fourth-order valence-electron chi connectivity index (χ4n) is 2.57. The van der Waals surface area contributed by atoms with Crippen molar-refractivity contribution in [2.45, 2.75) is 26.7 Å². The Balaban J connectivity index is 2.19. The predicted molar refractivity (Wildman–Crippen MR) is 84.4 cm³/mol. The number of furan rings is 1. The molecule has 3 aromatic rings. The van der Waals surface area contributed by atoms with E-state index in [1.165, 1.54) is 0 Å². The molecular formula is C17H19N3O. The molecule has 0 atom stereocenters. The summed E-state index contributed by atoms with van der Waals surface area (Å²) in [5, 5.41) is 4.73. The van der Waals surface area contributed by atoms with Gasteiger partial charge in [0.25, 0.3) is 0 Å². The molecule has 4 heteroatoms. The lowest BCUT2D eigenvalue weighted by molar-refractivity contribution is 0.535. The van der Waals surface area contributed by atoms with E-state index >= 15 is 0 Å². The van der Waals surface area contributed by atoms with Crippen LogP contribution in [-0.2, 0) is 6.42 Å². The zero-order chi connectivity index (χ0) is 14.8. The van der Waals surface area contributed by atoms with Crippen LogP contribution in [0.15, 0.2) is 47.1 Å². The largest absolute Gasteiger partial charge is 0.469 e. The van der Waals surface area contributed by atoms with Crippen molar-refractivity contribution in [1.82, 2.24) is 9.78 Å². The van der Waals surface area contributed by atoms with E-state index in [0.29, 0.717) is 5.82 Å². The number of benzene rings is 1. The maximum Gasteiger partial charge on any atom is 0.131 e. The van der Waals surface area contributed by atoms with E-state index in [4.69, 9.17) is 15.2 Å². The van der Waals surface area contributed by atoms with Gasteiger partial charge in [-0.1, -0.05) is 31.5 Å². The number of hydrogen-bond acceptors (Lipinski definition) is 3. The van der Waals surface area contributed by atoms with Crippen LogP contribution in [0.4, 0.5) is 5.82 Å². The van der Waals surface area contributed by atoms with E-state index in [2.05, 4.69) is 6.92 Å². The number of rotatable bonds is 4. The van der Waals surface area contributed by atoms with E-state index < -0.39 is 0 Å². The van der Waals surface area contributed by atoms with E-state index in [0.717, 1.165) is 41.1 Å². The Morgan fingerprint density at radius 2 is 1.95 bits per heavy atom. The van der Waals surface area contributed by atoms with E-state index in [9.17, 15) is 0 Å². The maximum absolute atomic E-state index is 6.35. The second-order valence-corrected chi connectivity index (χ2v) is 5.10. The third-order valence-corrected chi connectivity index (χ3v) is 3.64. The van der Waals surface area contributed by atoms with Crippen molar-refractivity contribution >= 4 is 5.82 Å². The first-order chi connectivity index (χ1) is 10.2. The molecule has 0 aliphatic heterocycles. The molecular weight excluding hydrogens is 262 g/mol. The summed E-state index contributed by atoms with van der Waals surface area (Å²) in [6.45, 7) is 4.09. The van der Waals surface area contributed by atoms with Gasteiger partial charge in [-0.15, -0.1) is 0 Å². The van der Waals surface area contributed by atoms with E-state index in [1.54, 1.807) is 6.26 Å². The van der Waals surface area contributed by atoms with E-state index in [1.807, 2.05) is 48.0 Å². The molecule has 0 fully saturated rings. The Morgan fingerprint density at radius 3 is 2.57 bits per heavy atom. The van der Waals surface area contributed by atoms with Crippen molar-refractivity contribution in [3.05, 3.63) is 54.0 Å². The Labute approximate surface area is 124 Å². The number of aryl methyl sites for hydroxylation is 1. The molecule has 21 heavy (non-hydrogen) atoms. The second-order valence-electron chi connectivity index (χ2n) is 5.10. The van der Waals surface area contributed by atoms with Crippen molar-refractivity contribution in [3.63, 3.8) is 0 Å². The molecule has 0 saturated heterocycles. The summed E-state index contributed by atoms with van der Waals surface area (Å²) in [6, 6.07) is 11.9. The molecule has 0 saturated carbocycles. The summed E-state index contributed by atoms with van der Waals surface area (Å²) in [5.74, 6) is 1.57. The van der Waals surface area contributed by atoms with Crippen molar-refractivity contribution in [3.8, 4) is 16.9 Å². The minimum Gasteiger partial charge on any atom is -0.469 e. The first kappa shape index (κ1) is 13.5. The summed E-state index contributed by atoms with van der Waals surface area (Å²) in [5.41, 5.74) is 10.3. The molecule has 0 amide bonds. The van der Waals surface area contributed by atoms with Crippen molar-refractivity contribution in [2.75, 3.05) is 5.73 Å². The number of para-hydroxylation sites is 1. The molecule has 108 valence electrons. The molecule has 4 nitrogen and oxygen atoms in total. The van der Waals surface area contributed by atoms with Gasteiger partial charge in [0.05, 0.1) is 12.0 Å². The summed E-state index contributed by atoms with van der Waals surface area (Å²) in [7, 11) is 0. The van der Waals surface area contributed by atoms with E-state index in [-0.39, 0.29) is 0 Å². The topological polar surface area (TPSA) is 57.0 Å². The van der Waals surface area contributed by atoms with Gasteiger partial charge in [0.15, 0.2) is 0 Å². The van der Waals surface area contributed by atoms with Gasteiger partial charge in [0.2, 0.25) is 0 Å². The van der Waals surface area contributed by atoms with Gasteiger partial charge in [-0.25, -0.2) is 4.68 Å². The number of anilines is 1. The standard InChI is InChI=1S/C17H19N3O/c1-3-7-15-16(14-10-11-21-12(14)2)19-20(17(15)18)13-8-5-4-6-9-13/h4-6,8-11H,3,7,18H2,1-2H3. The van der Waals surface area contributed by atoms with Crippen LogP contribution in [0.3, 0.4) is 0 Å². The zero-order valence-electron chi connectivity index (χ0n) is 12.3. The Kier molecular flexibility index (Phi) is 3.52. The van der Waals surface area contributed by atoms with Crippen LogP contribution < -0.4 is 5.73 Å². The van der Waals surface area contributed by atoms with Gasteiger partial charge in [-0.3, -0.25) is 0 Å². The molecule has 0 radical (unpaired) electrons. The SMILES string of the molecule is CCCc1c(-c2ccoc2C)nn(-c2ccccc2)c1N. The summed E-state index contributed by atoms with van der Waals surface area (Å²) < 4.78 is 7.23. The van der Waals surface area contributed by atoms with Crippen LogP contribution in [0.2, 0.25) is 0 Å². The Morgan fingerprint density at radius 1 is 1.19 bits per heavy atom. The highest BCUT2D eigenvalue weighted by Crippen LogP contribution is 2.32. The van der Waals surface area contributed by atoms with Crippen molar-refractivity contribution in [2.24, 2.45) is 0 Å². The molecule has 1 aromatic carbocycles. The molecule has 0 bridgehead atoms. The summed E-state index contributed by atoms with van der Waals surface area (Å²) in [6.07, 6.45) is 3.62. The molecule has 3 rings (SSSR count). The fraction of sp³-hybridized carbons (Fsp3) is 0.235. The lowest BCUT2D eigenvalue weighted by Gasteiger charge is -2.04. The van der Waals surface area contributed by atoms with Gasteiger partial charge in [-0.05, 0) is 31.5 Å². The molecule has 0 spiro atoms. The van der Waals surface area contributed by atoms with Gasteiger partial charge in [-0.2, -0.15) is 5.10 Å². The van der Waals surface area contributed by atoms with Crippen LogP contribution in [0.5, 0.6) is 0 Å². The Hall–Kier alpha value is -2.49. The normalized spacial score (nSPS) is 11.0. The molecule has 2 aromatic heterocycles. The number of hydrogen-bond donors (Lipinski definition) is 1. The number of aromatic nitrogens is 2. The van der Waals surface area contributed by atoms with Gasteiger partial charge >= 0.3 is 0 Å². The first-order valence-electron chi connectivity index (χ1n) is 7.19. The van der Waals surface area contributed by atoms with Crippen LogP contribution in [0.25, 0.3) is 16.9 Å². The van der Waals surface area contributed by atoms with Crippen molar-refractivity contribution in [1.29, 1.82) is 0 Å². The lowest BCUT2D eigenvalue weighted by Crippen LogP contribution is -2.02. The number of nitrogens with two attached hydrogens (primary N) is 1. The molecule has 0 aliphatic carbocycles. The highest BCUT2D eigenvalue weighted by Gasteiger charge is 2.19. The average Bonchev–Trinajstić information content (AvgIpc) is 3.05. The average molecular weight is 281 g/mol. The monoisotopic (exact) mass is 281 g/mol. The second kappa shape index (κ2) is 5.48. The summed E-state index contributed by atoms with van der Waals surface area (Å²) >= 11 is 0. The molecule has 2 N–H and O–H groups in total.